The number of imidazole rings is 1. The second-order valence-corrected chi connectivity index (χ2v) is 7.53. The molecule has 25 heavy (non-hydrogen) atoms. The summed E-state index contributed by atoms with van der Waals surface area (Å²) >= 11 is 0. The van der Waals surface area contributed by atoms with Crippen molar-refractivity contribution in [1.29, 1.82) is 0 Å². The van der Waals surface area contributed by atoms with Crippen molar-refractivity contribution >= 4 is 16.9 Å². The Morgan fingerprint density at radius 1 is 1.16 bits per heavy atom. The minimum absolute atomic E-state index is 0.0604. The Hall–Kier alpha value is -2.04. The average Bonchev–Trinajstić information content (AvgIpc) is 3.38. The Morgan fingerprint density at radius 3 is 2.28 bits per heavy atom. The second-order valence-electron chi connectivity index (χ2n) is 7.53. The van der Waals surface area contributed by atoms with Gasteiger partial charge in [0.15, 0.2) is 0 Å². The molecule has 0 saturated heterocycles. The Morgan fingerprint density at radius 2 is 1.76 bits per heavy atom. The number of para-hydroxylation sites is 2. The van der Waals surface area contributed by atoms with Gasteiger partial charge in [0.05, 0.1) is 11.0 Å². The molecule has 0 radical (unpaired) electrons. The van der Waals surface area contributed by atoms with Crippen molar-refractivity contribution in [1.82, 2.24) is 14.0 Å². The van der Waals surface area contributed by atoms with E-state index >= 15 is 0 Å². The van der Waals surface area contributed by atoms with Crippen LogP contribution in [-0.2, 0) is 17.9 Å². The quantitative estimate of drug-likeness (QED) is 0.775. The molecule has 2 aromatic rings. The number of hydrogen-bond donors (Lipinski definition) is 0. The lowest BCUT2D eigenvalue weighted by molar-refractivity contribution is -0.135. The zero-order chi connectivity index (χ0) is 18.1. The van der Waals surface area contributed by atoms with Gasteiger partial charge in [-0.25, -0.2) is 4.79 Å². The molecule has 1 saturated carbocycles. The Bertz CT molecular complexity index is 814. The van der Waals surface area contributed by atoms with Crippen molar-refractivity contribution in [2.75, 3.05) is 0 Å². The van der Waals surface area contributed by atoms with Crippen LogP contribution in [0.3, 0.4) is 0 Å². The Balaban J connectivity index is 1.95. The summed E-state index contributed by atoms with van der Waals surface area (Å²) in [5.74, 6) is 0.466. The van der Waals surface area contributed by atoms with Gasteiger partial charge in [-0.05, 0) is 44.2 Å². The molecule has 136 valence electrons. The van der Waals surface area contributed by atoms with Gasteiger partial charge >= 0.3 is 5.69 Å². The molecular weight excluding hydrogens is 314 g/mol. The fourth-order valence-corrected chi connectivity index (χ4v) is 3.52. The number of amides is 1. The molecule has 1 heterocycles. The number of carbonyl (C=O) groups is 1. The van der Waals surface area contributed by atoms with Gasteiger partial charge in [-0.2, -0.15) is 0 Å². The van der Waals surface area contributed by atoms with Gasteiger partial charge in [-0.3, -0.25) is 13.9 Å². The highest BCUT2D eigenvalue weighted by atomic mass is 16.2. The molecule has 0 bridgehead atoms. The SMILES string of the molecule is CCCn1c(=O)n(CC(=O)N(C2CC2)C(C)C(C)C)c2ccccc21. The van der Waals surface area contributed by atoms with Crippen LogP contribution in [0.25, 0.3) is 11.0 Å². The summed E-state index contributed by atoms with van der Waals surface area (Å²) in [4.78, 5) is 28.0. The lowest BCUT2D eigenvalue weighted by Gasteiger charge is -2.32. The fraction of sp³-hybridized carbons (Fsp3) is 0.600. The number of rotatable bonds is 7. The van der Waals surface area contributed by atoms with Crippen molar-refractivity contribution in [3.63, 3.8) is 0 Å². The van der Waals surface area contributed by atoms with E-state index in [1.165, 1.54) is 0 Å². The molecule has 0 N–H and O–H groups in total. The van der Waals surface area contributed by atoms with Crippen LogP contribution >= 0.6 is 0 Å². The van der Waals surface area contributed by atoms with Crippen LogP contribution in [0, 0.1) is 5.92 Å². The molecule has 1 amide bonds. The highest BCUT2D eigenvalue weighted by Crippen LogP contribution is 2.31. The molecule has 0 spiro atoms. The summed E-state index contributed by atoms with van der Waals surface area (Å²) in [6.07, 6.45) is 3.05. The fourth-order valence-electron chi connectivity index (χ4n) is 3.52. The zero-order valence-electron chi connectivity index (χ0n) is 15.7. The average molecular weight is 343 g/mol. The van der Waals surface area contributed by atoms with Gasteiger partial charge in [0.1, 0.15) is 6.54 Å². The first kappa shape index (κ1) is 17.8. The van der Waals surface area contributed by atoms with Crippen LogP contribution in [0.4, 0.5) is 0 Å². The molecule has 1 aromatic heterocycles. The Labute approximate surface area is 149 Å². The largest absolute Gasteiger partial charge is 0.335 e. The van der Waals surface area contributed by atoms with Crippen molar-refractivity contribution in [2.45, 2.75) is 72.1 Å². The first-order chi connectivity index (χ1) is 12.0. The molecule has 1 aromatic carbocycles. The first-order valence-corrected chi connectivity index (χ1v) is 9.45. The first-order valence-electron chi connectivity index (χ1n) is 9.45. The van der Waals surface area contributed by atoms with Crippen LogP contribution in [-0.4, -0.2) is 32.0 Å². The summed E-state index contributed by atoms with van der Waals surface area (Å²) in [5, 5.41) is 0. The third-order valence-electron chi connectivity index (χ3n) is 5.30. The number of nitrogens with zero attached hydrogens (tertiary/aromatic N) is 3. The van der Waals surface area contributed by atoms with Crippen molar-refractivity contribution in [3.8, 4) is 0 Å². The minimum atomic E-state index is -0.0793. The number of carbonyl (C=O) groups excluding carboxylic acids is 1. The number of aromatic nitrogens is 2. The molecule has 1 atom stereocenters. The third kappa shape index (κ3) is 3.37. The van der Waals surface area contributed by atoms with Crippen LogP contribution in [0.2, 0.25) is 0 Å². The van der Waals surface area contributed by atoms with Crippen LogP contribution in [0.1, 0.15) is 47.0 Å². The monoisotopic (exact) mass is 343 g/mol. The lowest BCUT2D eigenvalue weighted by Crippen LogP contribution is -2.45. The third-order valence-corrected chi connectivity index (χ3v) is 5.30. The molecule has 1 unspecified atom stereocenters. The molecular formula is C20H29N3O2. The van der Waals surface area contributed by atoms with Crippen molar-refractivity contribution in [2.24, 2.45) is 5.92 Å². The van der Waals surface area contributed by atoms with Gasteiger partial charge in [0.25, 0.3) is 0 Å². The Kier molecular flexibility index (Phi) is 5.02. The summed E-state index contributed by atoms with van der Waals surface area (Å²) in [7, 11) is 0. The maximum Gasteiger partial charge on any atom is 0.329 e. The predicted octanol–water partition coefficient (Wildman–Crippen LogP) is 3.25. The zero-order valence-corrected chi connectivity index (χ0v) is 15.7. The second kappa shape index (κ2) is 7.06. The van der Waals surface area contributed by atoms with Gasteiger partial charge in [-0.1, -0.05) is 32.9 Å². The molecule has 5 heteroatoms. The highest BCUT2D eigenvalue weighted by Gasteiger charge is 2.36. The van der Waals surface area contributed by atoms with Crippen molar-refractivity contribution in [3.05, 3.63) is 34.7 Å². The summed E-state index contributed by atoms with van der Waals surface area (Å²) in [6, 6.07) is 8.31. The number of benzene rings is 1. The molecule has 5 nitrogen and oxygen atoms in total. The lowest BCUT2D eigenvalue weighted by atomic mass is 10.0. The molecule has 0 aliphatic heterocycles. The standard InChI is InChI=1S/C20H29N3O2/c1-5-12-21-17-8-6-7-9-18(17)22(20(21)25)13-19(24)23(16-10-11-16)15(4)14(2)3/h6-9,14-16H,5,10-13H2,1-4H3. The molecule has 1 fully saturated rings. The van der Waals surface area contributed by atoms with Crippen LogP contribution in [0.5, 0.6) is 0 Å². The van der Waals surface area contributed by atoms with Crippen molar-refractivity contribution < 1.29 is 4.79 Å². The van der Waals surface area contributed by atoms with E-state index in [1.807, 2.05) is 29.2 Å². The number of aryl methyl sites for hydroxylation is 1. The van der Waals surface area contributed by atoms with E-state index in [9.17, 15) is 9.59 Å². The van der Waals surface area contributed by atoms with E-state index in [4.69, 9.17) is 0 Å². The van der Waals surface area contributed by atoms with Gasteiger partial charge in [-0.15, -0.1) is 0 Å². The molecule has 1 aliphatic rings. The van der Waals surface area contributed by atoms with Crippen LogP contribution in [0.15, 0.2) is 29.1 Å². The van der Waals surface area contributed by atoms with E-state index < -0.39 is 0 Å². The van der Waals surface area contributed by atoms with E-state index in [1.54, 1.807) is 9.13 Å². The normalized spacial score (nSPS) is 15.7. The van der Waals surface area contributed by atoms with Gasteiger partial charge < -0.3 is 4.90 Å². The smallest absolute Gasteiger partial charge is 0.329 e. The number of fused-ring (bicyclic) bond motifs is 1. The van der Waals surface area contributed by atoms with Gasteiger partial charge in [0.2, 0.25) is 5.91 Å². The summed E-state index contributed by atoms with van der Waals surface area (Å²) in [5.41, 5.74) is 1.68. The summed E-state index contributed by atoms with van der Waals surface area (Å²) in [6.45, 7) is 9.27. The highest BCUT2D eigenvalue weighted by molar-refractivity contribution is 5.81. The van der Waals surface area contributed by atoms with Gasteiger partial charge in [0, 0.05) is 18.6 Å². The minimum Gasteiger partial charge on any atom is -0.335 e. The maximum absolute atomic E-state index is 13.1. The molecule has 3 rings (SSSR count). The molecule has 1 aliphatic carbocycles. The van der Waals surface area contributed by atoms with E-state index in [0.717, 1.165) is 30.3 Å². The van der Waals surface area contributed by atoms with E-state index in [0.29, 0.717) is 18.5 Å². The van der Waals surface area contributed by atoms with E-state index in [2.05, 4.69) is 27.7 Å². The van der Waals surface area contributed by atoms with Crippen LogP contribution < -0.4 is 5.69 Å². The topological polar surface area (TPSA) is 47.2 Å². The predicted molar refractivity (Wildman–Crippen MR) is 101 cm³/mol. The van der Waals surface area contributed by atoms with E-state index in [-0.39, 0.29) is 24.2 Å². The maximum atomic E-state index is 13.1. The number of hydrogen-bond acceptors (Lipinski definition) is 2. The summed E-state index contributed by atoms with van der Waals surface area (Å²) < 4.78 is 3.44.